The third kappa shape index (κ3) is 3.84. The van der Waals surface area contributed by atoms with Crippen molar-refractivity contribution in [2.75, 3.05) is 10.6 Å². The summed E-state index contributed by atoms with van der Waals surface area (Å²) < 4.78 is 0. The average molecular weight is 339 g/mol. The topological polar surface area (TPSA) is 49.8 Å². The molecule has 1 aromatic heterocycles. The third-order valence-corrected chi connectivity index (χ3v) is 3.94. The Balaban J connectivity index is 1.89. The first-order valence-corrected chi connectivity index (χ1v) is 8.10. The van der Waals surface area contributed by atoms with Crippen molar-refractivity contribution in [3.8, 4) is 0 Å². The van der Waals surface area contributed by atoms with Gasteiger partial charge in [0.05, 0.1) is 0 Å². The first kappa shape index (κ1) is 16.3. The van der Waals surface area contributed by atoms with Crippen LogP contribution in [-0.4, -0.2) is 9.97 Å². The first-order chi connectivity index (χ1) is 11.5. The minimum absolute atomic E-state index is 0.562. The van der Waals surface area contributed by atoms with E-state index in [4.69, 9.17) is 11.6 Å². The van der Waals surface area contributed by atoms with Gasteiger partial charge in [0.2, 0.25) is 5.95 Å². The molecule has 1 heterocycles. The fourth-order valence-electron chi connectivity index (χ4n) is 2.39. The van der Waals surface area contributed by atoms with Crippen molar-refractivity contribution in [3.63, 3.8) is 0 Å². The van der Waals surface area contributed by atoms with E-state index in [0.29, 0.717) is 11.0 Å². The second kappa shape index (κ2) is 6.89. The van der Waals surface area contributed by atoms with Crippen LogP contribution in [0.4, 0.5) is 23.1 Å². The third-order valence-electron chi connectivity index (χ3n) is 3.71. The van der Waals surface area contributed by atoms with Crippen molar-refractivity contribution in [2.45, 2.75) is 20.8 Å². The monoisotopic (exact) mass is 338 g/mol. The van der Waals surface area contributed by atoms with Gasteiger partial charge in [-0.3, -0.25) is 0 Å². The van der Waals surface area contributed by atoms with Gasteiger partial charge in [0.1, 0.15) is 5.82 Å². The number of aromatic nitrogens is 2. The Hall–Kier alpha value is -2.59. The number of rotatable bonds is 4. The van der Waals surface area contributed by atoms with Crippen LogP contribution in [0.15, 0.2) is 48.5 Å². The first-order valence-electron chi connectivity index (χ1n) is 7.73. The van der Waals surface area contributed by atoms with Crippen LogP contribution in [0, 0.1) is 20.8 Å². The molecule has 0 saturated heterocycles. The predicted molar refractivity (Wildman–Crippen MR) is 101 cm³/mol. The molecule has 0 amide bonds. The van der Waals surface area contributed by atoms with E-state index in [9.17, 15) is 0 Å². The predicted octanol–water partition coefficient (Wildman–Crippen LogP) is 5.54. The number of nitrogens with one attached hydrogen (secondary N) is 2. The Kier molecular flexibility index (Phi) is 4.67. The van der Waals surface area contributed by atoms with Crippen molar-refractivity contribution < 1.29 is 0 Å². The molecular weight excluding hydrogens is 320 g/mol. The lowest BCUT2D eigenvalue weighted by molar-refractivity contribution is 1.10. The Morgan fingerprint density at radius 3 is 2.33 bits per heavy atom. The Morgan fingerprint density at radius 1 is 0.792 bits per heavy atom. The maximum absolute atomic E-state index is 6.09. The summed E-state index contributed by atoms with van der Waals surface area (Å²) in [5, 5.41) is 7.28. The van der Waals surface area contributed by atoms with Crippen molar-refractivity contribution in [1.82, 2.24) is 9.97 Å². The van der Waals surface area contributed by atoms with E-state index < -0.39 is 0 Å². The van der Waals surface area contributed by atoms with Crippen LogP contribution in [0.1, 0.15) is 16.8 Å². The number of anilines is 4. The second-order valence-corrected chi connectivity index (χ2v) is 6.18. The normalized spacial score (nSPS) is 10.5. The summed E-state index contributed by atoms with van der Waals surface area (Å²) >= 11 is 6.09. The van der Waals surface area contributed by atoms with Gasteiger partial charge in [-0.15, -0.1) is 0 Å². The molecule has 0 radical (unpaired) electrons. The fourth-order valence-corrected chi connectivity index (χ4v) is 2.56. The molecular formula is C19H19ClN4. The van der Waals surface area contributed by atoms with Gasteiger partial charge >= 0.3 is 0 Å². The summed E-state index contributed by atoms with van der Waals surface area (Å²) in [6.45, 7) is 6.02. The van der Waals surface area contributed by atoms with E-state index in [1.165, 1.54) is 0 Å². The Morgan fingerprint density at radius 2 is 1.54 bits per heavy atom. The zero-order valence-corrected chi connectivity index (χ0v) is 14.6. The van der Waals surface area contributed by atoms with Crippen LogP contribution >= 0.6 is 11.6 Å². The number of benzene rings is 2. The highest BCUT2D eigenvalue weighted by Gasteiger charge is 2.06. The summed E-state index contributed by atoms with van der Waals surface area (Å²) in [5.41, 5.74) is 5.05. The molecule has 4 nitrogen and oxygen atoms in total. The molecule has 122 valence electrons. The minimum atomic E-state index is 0.562. The molecule has 3 aromatic rings. The van der Waals surface area contributed by atoms with Crippen LogP contribution in [0.2, 0.25) is 5.02 Å². The number of nitrogens with zero attached hydrogens (tertiary/aromatic N) is 2. The molecule has 0 fully saturated rings. The van der Waals surface area contributed by atoms with Gasteiger partial charge in [-0.1, -0.05) is 35.9 Å². The lowest BCUT2D eigenvalue weighted by Crippen LogP contribution is -2.03. The Labute approximate surface area is 146 Å². The number of halogens is 1. The molecule has 0 atom stereocenters. The molecule has 5 heteroatoms. The number of hydrogen-bond acceptors (Lipinski definition) is 4. The van der Waals surface area contributed by atoms with E-state index in [1.54, 1.807) is 0 Å². The minimum Gasteiger partial charge on any atom is -0.340 e. The van der Waals surface area contributed by atoms with Gasteiger partial charge in [0, 0.05) is 28.2 Å². The summed E-state index contributed by atoms with van der Waals surface area (Å²) in [5.74, 6) is 1.29. The highest BCUT2D eigenvalue weighted by Crippen LogP contribution is 2.25. The largest absolute Gasteiger partial charge is 0.340 e. The second-order valence-electron chi connectivity index (χ2n) is 5.74. The summed E-state index contributed by atoms with van der Waals surface area (Å²) in [6.07, 6.45) is 0. The van der Waals surface area contributed by atoms with Gasteiger partial charge in [-0.25, -0.2) is 4.98 Å². The smallest absolute Gasteiger partial charge is 0.229 e. The summed E-state index contributed by atoms with van der Waals surface area (Å²) in [7, 11) is 0. The number of aryl methyl sites for hydroxylation is 3. The summed E-state index contributed by atoms with van der Waals surface area (Å²) in [6, 6.07) is 15.7. The highest BCUT2D eigenvalue weighted by atomic mass is 35.5. The molecule has 0 aliphatic carbocycles. The fraction of sp³-hybridized carbons (Fsp3) is 0.158. The van der Waals surface area contributed by atoms with Gasteiger partial charge in [0.25, 0.3) is 0 Å². The standard InChI is InChI=1S/C19H19ClN4/c1-12-6-4-5-7-16(12)23-19-21-14(3)10-18(24-19)22-17-11-15(20)9-8-13(17)2/h4-11H,1-3H3,(H2,21,22,23,24). The van der Waals surface area contributed by atoms with E-state index in [0.717, 1.165) is 34.0 Å². The van der Waals surface area contributed by atoms with Gasteiger partial charge in [0.15, 0.2) is 0 Å². The van der Waals surface area contributed by atoms with Crippen molar-refractivity contribution in [2.24, 2.45) is 0 Å². The number of hydrogen-bond donors (Lipinski definition) is 2. The van der Waals surface area contributed by atoms with Crippen LogP contribution < -0.4 is 10.6 Å². The zero-order valence-electron chi connectivity index (χ0n) is 13.9. The van der Waals surface area contributed by atoms with Crippen molar-refractivity contribution in [1.29, 1.82) is 0 Å². The molecule has 3 rings (SSSR count). The SMILES string of the molecule is Cc1cc(Nc2cc(Cl)ccc2C)nc(Nc2ccccc2C)n1. The lowest BCUT2D eigenvalue weighted by Gasteiger charge is -2.13. The lowest BCUT2D eigenvalue weighted by atomic mass is 10.2. The van der Waals surface area contributed by atoms with Crippen molar-refractivity contribution in [3.05, 3.63) is 70.4 Å². The van der Waals surface area contributed by atoms with Gasteiger partial charge in [-0.05, 0) is 50.1 Å². The van der Waals surface area contributed by atoms with Gasteiger partial charge in [-0.2, -0.15) is 4.98 Å². The molecule has 2 aromatic carbocycles. The van der Waals surface area contributed by atoms with E-state index in [-0.39, 0.29) is 0 Å². The molecule has 0 spiro atoms. The Bertz CT molecular complexity index is 877. The molecule has 24 heavy (non-hydrogen) atoms. The highest BCUT2D eigenvalue weighted by molar-refractivity contribution is 6.30. The van der Waals surface area contributed by atoms with Crippen LogP contribution in [0.3, 0.4) is 0 Å². The number of para-hydroxylation sites is 1. The van der Waals surface area contributed by atoms with Crippen LogP contribution in [0.25, 0.3) is 0 Å². The maximum Gasteiger partial charge on any atom is 0.229 e. The zero-order chi connectivity index (χ0) is 17.1. The molecule has 0 saturated carbocycles. The van der Waals surface area contributed by atoms with E-state index in [2.05, 4.69) is 20.6 Å². The summed E-state index contributed by atoms with van der Waals surface area (Å²) in [4.78, 5) is 9.02. The van der Waals surface area contributed by atoms with Crippen LogP contribution in [-0.2, 0) is 0 Å². The average Bonchev–Trinajstić information content (AvgIpc) is 2.53. The maximum atomic E-state index is 6.09. The van der Waals surface area contributed by atoms with Crippen molar-refractivity contribution >= 4 is 34.7 Å². The quantitative estimate of drug-likeness (QED) is 0.655. The molecule has 0 aliphatic rings. The molecule has 0 bridgehead atoms. The molecule has 0 unspecified atom stereocenters. The molecule has 0 aliphatic heterocycles. The van der Waals surface area contributed by atoms with E-state index in [1.807, 2.05) is 69.3 Å². The molecule has 2 N–H and O–H groups in total. The van der Waals surface area contributed by atoms with Gasteiger partial charge < -0.3 is 10.6 Å². The van der Waals surface area contributed by atoms with E-state index >= 15 is 0 Å². The van der Waals surface area contributed by atoms with Crippen LogP contribution in [0.5, 0.6) is 0 Å².